The maximum atomic E-state index is 12.8. The van der Waals surface area contributed by atoms with Crippen LogP contribution in [-0.2, 0) is 17.5 Å². The predicted molar refractivity (Wildman–Crippen MR) is 109 cm³/mol. The van der Waals surface area contributed by atoms with E-state index < -0.39 is 17.6 Å². The van der Waals surface area contributed by atoms with Crippen molar-refractivity contribution in [2.45, 2.75) is 31.7 Å². The van der Waals surface area contributed by atoms with Crippen molar-refractivity contribution in [1.29, 1.82) is 0 Å². The molecule has 0 aliphatic rings. The first-order chi connectivity index (χ1) is 14.2. The van der Waals surface area contributed by atoms with Crippen LogP contribution in [0.2, 0.25) is 0 Å². The van der Waals surface area contributed by atoms with Crippen molar-refractivity contribution < 1.29 is 18.0 Å². The number of carbonyl (C=O) groups is 1. The number of benzene rings is 1. The van der Waals surface area contributed by atoms with Crippen molar-refractivity contribution in [1.82, 2.24) is 19.7 Å². The smallest absolute Gasteiger partial charge is 0.325 e. The molecular formula is C20H20F3N5OS. The largest absolute Gasteiger partial charge is 0.416 e. The van der Waals surface area contributed by atoms with E-state index in [0.29, 0.717) is 23.4 Å². The molecule has 0 bridgehead atoms. The summed E-state index contributed by atoms with van der Waals surface area (Å²) < 4.78 is 40.4. The number of pyridine rings is 1. The van der Waals surface area contributed by atoms with Gasteiger partial charge in [-0.3, -0.25) is 9.78 Å². The van der Waals surface area contributed by atoms with Gasteiger partial charge in [0.15, 0.2) is 11.0 Å². The van der Waals surface area contributed by atoms with Crippen LogP contribution in [0.15, 0.2) is 53.9 Å². The second-order valence-corrected chi connectivity index (χ2v) is 7.90. The summed E-state index contributed by atoms with van der Waals surface area (Å²) in [5.74, 6) is 0.554. The second-order valence-electron chi connectivity index (χ2n) is 6.96. The Morgan fingerprint density at radius 3 is 2.57 bits per heavy atom. The van der Waals surface area contributed by atoms with Gasteiger partial charge in [-0.1, -0.05) is 31.7 Å². The molecule has 0 saturated carbocycles. The minimum atomic E-state index is -4.47. The van der Waals surface area contributed by atoms with Gasteiger partial charge < -0.3 is 9.88 Å². The number of nitrogens with one attached hydrogen (secondary N) is 1. The van der Waals surface area contributed by atoms with Crippen molar-refractivity contribution in [2.24, 2.45) is 5.92 Å². The summed E-state index contributed by atoms with van der Waals surface area (Å²) in [6, 6.07) is 8.20. The molecular weight excluding hydrogens is 415 g/mol. The molecule has 0 aliphatic heterocycles. The summed E-state index contributed by atoms with van der Waals surface area (Å²) in [7, 11) is 0. The topological polar surface area (TPSA) is 72.7 Å². The molecule has 0 aliphatic carbocycles. The number of nitrogens with zero attached hydrogens (tertiary/aromatic N) is 4. The Morgan fingerprint density at radius 1 is 1.17 bits per heavy atom. The lowest BCUT2D eigenvalue weighted by molar-refractivity contribution is -0.137. The summed E-state index contributed by atoms with van der Waals surface area (Å²) in [6.45, 7) is 4.78. The van der Waals surface area contributed by atoms with Gasteiger partial charge in [-0.2, -0.15) is 13.2 Å². The maximum absolute atomic E-state index is 12.8. The zero-order valence-corrected chi connectivity index (χ0v) is 17.2. The molecule has 10 heteroatoms. The van der Waals surface area contributed by atoms with Crippen molar-refractivity contribution in [3.05, 3.63) is 54.4 Å². The van der Waals surface area contributed by atoms with Crippen LogP contribution in [0.4, 0.5) is 18.9 Å². The van der Waals surface area contributed by atoms with E-state index in [4.69, 9.17) is 0 Å². The number of thioether (sulfide) groups is 1. The van der Waals surface area contributed by atoms with Gasteiger partial charge in [-0.15, -0.1) is 10.2 Å². The molecule has 0 atom stereocenters. The lowest BCUT2D eigenvalue weighted by atomic mass is 10.2. The Bertz CT molecular complexity index is 1010. The third-order valence-corrected chi connectivity index (χ3v) is 4.98. The van der Waals surface area contributed by atoms with Crippen LogP contribution in [0.5, 0.6) is 0 Å². The molecule has 1 N–H and O–H groups in total. The van der Waals surface area contributed by atoms with E-state index in [9.17, 15) is 18.0 Å². The average molecular weight is 435 g/mol. The van der Waals surface area contributed by atoms with Gasteiger partial charge >= 0.3 is 6.18 Å². The van der Waals surface area contributed by atoms with Gasteiger partial charge in [-0.25, -0.2) is 0 Å². The zero-order chi connectivity index (χ0) is 21.7. The SMILES string of the molecule is CC(C)Cn1c(SCC(=O)Nc2cccc(C(F)(F)F)c2)nnc1-c1ccncc1. The highest BCUT2D eigenvalue weighted by Crippen LogP contribution is 2.31. The number of halogens is 3. The second kappa shape index (κ2) is 9.29. The minimum absolute atomic E-state index is 0.0111. The maximum Gasteiger partial charge on any atom is 0.416 e. The zero-order valence-electron chi connectivity index (χ0n) is 16.3. The van der Waals surface area contributed by atoms with Crippen LogP contribution in [-0.4, -0.2) is 31.4 Å². The van der Waals surface area contributed by atoms with Gasteiger partial charge in [0.2, 0.25) is 5.91 Å². The van der Waals surface area contributed by atoms with Crippen LogP contribution in [0, 0.1) is 5.92 Å². The molecule has 158 valence electrons. The van der Waals surface area contributed by atoms with Gasteiger partial charge in [0.1, 0.15) is 0 Å². The van der Waals surface area contributed by atoms with Crippen LogP contribution in [0.3, 0.4) is 0 Å². The molecule has 0 unspecified atom stereocenters. The third kappa shape index (κ3) is 5.59. The van der Waals surface area contributed by atoms with E-state index in [1.807, 2.05) is 16.7 Å². The molecule has 30 heavy (non-hydrogen) atoms. The molecule has 1 aromatic carbocycles. The van der Waals surface area contributed by atoms with Crippen LogP contribution in [0.1, 0.15) is 19.4 Å². The molecule has 2 aromatic heterocycles. The fourth-order valence-corrected chi connectivity index (χ4v) is 3.49. The average Bonchev–Trinajstić information content (AvgIpc) is 3.08. The Morgan fingerprint density at radius 2 is 1.90 bits per heavy atom. The molecule has 6 nitrogen and oxygen atoms in total. The van der Waals surface area contributed by atoms with Gasteiger partial charge in [0.05, 0.1) is 11.3 Å². The molecule has 3 rings (SSSR count). The summed E-state index contributed by atoms with van der Waals surface area (Å²) in [5, 5.41) is 11.5. The van der Waals surface area contributed by atoms with Crippen molar-refractivity contribution >= 4 is 23.4 Å². The third-order valence-electron chi connectivity index (χ3n) is 4.01. The van der Waals surface area contributed by atoms with E-state index in [1.54, 1.807) is 12.4 Å². The van der Waals surface area contributed by atoms with E-state index in [1.165, 1.54) is 23.9 Å². The highest BCUT2D eigenvalue weighted by molar-refractivity contribution is 7.99. The first-order valence-corrected chi connectivity index (χ1v) is 10.2. The van der Waals surface area contributed by atoms with E-state index in [-0.39, 0.29) is 11.4 Å². The summed E-state index contributed by atoms with van der Waals surface area (Å²) in [4.78, 5) is 16.3. The first-order valence-electron chi connectivity index (χ1n) is 9.17. The molecule has 0 radical (unpaired) electrons. The quantitative estimate of drug-likeness (QED) is 0.543. The fraction of sp³-hybridized carbons (Fsp3) is 0.300. The van der Waals surface area contributed by atoms with Crippen LogP contribution < -0.4 is 5.32 Å². The van der Waals surface area contributed by atoms with Gasteiger partial charge in [0.25, 0.3) is 0 Å². The molecule has 0 fully saturated rings. The Balaban J connectivity index is 1.71. The van der Waals surface area contributed by atoms with Crippen LogP contribution in [0.25, 0.3) is 11.4 Å². The highest BCUT2D eigenvalue weighted by Gasteiger charge is 2.30. The summed E-state index contributed by atoms with van der Waals surface area (Å²) >= 11 is 1.18. The lowest BCUT2D eigenvalue weighted by Crippen LogP contribution is -2.16. The molecule has 1 amide bonds. The van der Waals surface area contributed by atoms with Gasteiger partial charge in [-0.05, 0) is 36.2 Å². The minimum Gasteiger partial charge on any atom is -0.325 e. The highest BCUT2D eigenvalue weighted by atomic mass is 32.2. The Kier molecular flexibility index (Phi) is 6.76. The molecule has 0 saturated heterocycles. The van der Waals surface area contributed by atoms with E-state index in [2.05, 4.69) is 34.3 Å². The van der Waals surface area contributed by atoms with E-state index in [0.717, 1.165) is 17.7 Å². The molecule has 0 spiro atoms. The van der Waals surface area contributed by atoms with E-state index >= 15 is 0 Å². The normalized spacial score (nSPS) is 11.7. The lowest BCUT2D eigenvalue weighted by Gasteiger charge is -2.13. The fourth-order valence-electron chi connectivity index (χ4n) is 2.74. The number of rotatable bonds is 7. The van der Waals surface area contributed by atoms with Crippen molar-refractivity contribution in [3.8, 4) is 11.4 Å². The molecule has 2 heterocycles. The number of hydrogen-bond donors (Lipinski definition) is 1. The number of anilines is 1. The van der Waals surface area contributed by atoms with Crippen LogP contribution >= 0.6 is 11.8 Å². The number of alkyl halides is 3. The standard InChI is InChI=1S/C20H20F3N5OS/c1-13(2)11-28-18(14-6-8-24-9-7-14)26-27-19(28)30-12-17(29)25-16-5-3-4-15(10-16)20(21,22)23/h3-10,13H,11-12H2,1-2H3,(H,25,29). The number of amides is 1. The first kappa shape index (κ1) is 21.8. The monoisotopic (exact) mass is 435 g/mol. The summed E-state index contributed by atoms with van der Waals surface area (Å²) in [5.41, 5.74) is 0.140. The number of hydrogen-bond acceptors (Lipinski definition) is 5. The van der Waals surface area contributed by atoms with Crippen molar-refractivity contribution in [3.63, 3.8) is 0 Å². The number of aromatic nitrogens is 4. The van der Waals surface area contributed by atoms with Crippen molar-refractivity contribution in [2.75, 3.05) is 11.1 Å². The molecule has 3 aromatic rings. The number of carbonyl (C=O) groups excluding carboxylic acids is 1. The predicted octanol–water partition coefficient (Wildman–Crippen LogP) is 4.75. The van der Waals surface area contributed by atoms with Gasteiger partial charge in [0, 0.05) is 30.2 Å². The summed E-state index contributed by atoms with van der Waals surface area (Å²) in [6.07, 6.45) is -1.13. The Hall–Kier alpha value is -2.88. The Labute approximate surface area is 175 Å².